The molecule has 2 rings (SSSR count). The van der Waals surface area contributed by atoms with E-state index in [1.165, 1.54) is 25.7 Å². The fourth-order valence-electron chi connectivity index (χ4n) is 2.36. The molecule has 1 saturated carbocycles. The highest BCUT2D eigenvalue weighted by molar-refractivity contribution is 5.03. The molecule has 1 aliphatic carbocycles. The molecule has 0 saturated heterocycles. The lowest BCUT2D eigenvalue weighted by atomic mass is 10.0. The van der Waals surface area contributed by atoms with Gasteiger partial charge in [-0.1, -0.05) is 12.8 Å². The zero-order valence-corrected chi connectivity index (χ0v) is 10.7. The van der Waals surface area contributed by atoms with E-state index >= 15 is 0 Å². The summed E-state index contributed by atoms with van der Waals surface area (Å²) in [5.41, 5.74) is 4.63. The van der Waals surface area contributed by atoms with Crippen LogP contribution in [0.15, 0.2) is 0 Å². The van der Waals surface area contributed by atoms with E-state index in [4.69, 9.17) is 5.73 Å². The van der Waals surface area contributed by atoms with Gasteiger partial charge in [-0.2, -0.15) is 5.10 Å². The third kappa shape index (κ3) is 2.84. The molecular formula is C12H22N4O. The Morgan fingerprint density at radius 3 is 2.71 bits per heavy atom. The highest BCUT2D eigenvalue weighted by Crippen LogP contribution is 2.32. The van der Waals surface area contributed by atoms with E-state index in [2.05, 4.69) is 10.1 Å². The highest BCUT2D eigenvalue weighted by atomic mass is 16.3. The van der Waals surface area contributed by atoms with Crippen LogP contribution in [-0.4, -0.2) is 32.0 Å². The molecule has 96 valence electrons. The zero-order valence-electron chi connectivity index (χ0n) is 10.7. The van der Waals surface area contributed by atoms with Crippen LogP contribution >= 0.6 is 0 Å². The summed E-state index contributed by atoms with van der Waals surface area (Å²) in [5.74, 6) is 2.27. The molecule has 1 heterocycles. The average Bonchev–Trinajstić information content (AvgIpc) is 2.89. The van der Waals surface area contributed by atoms with Crippen LogP contribution in [0.25, 0.3) is 0 Å². The Bertz CT molecular complexity index is 380. The second-order valence-electron chi connectivity index (χ2n) is 5.37. The summed E-state index contributed by atoms with van der Waals surface area (Å²) in [4.78, 5) is 4.56. The minimum atomic E-state index is -0.895. The van der Waals surface area contributed by atoms with Gasteiger partial charge >= 0.3 is 0 Å². The maximum absolute atomic E-state index is 9.97. The van der Waals surface area contributed by atoms with Gasteiger partial charge in [-0.15, -0.1) is 0 Å². The molecule has 3 N–H and O–H groups in total. The number of aromatic nitrogens is 3. The number of aliphatic hydroxyl groups is 1. The minimum Gasteiger partial charge on any atom is -0.388 e. The molecule has 0 radical (unpaired) electrons. The van der Waals surface area contributed by atoms with Crippen LogP contribution in [0.1, 0.15) is 50.2 Å². The zero-order chi connectivity index (χ0) is 12.5. The summed E-state index contributed by atoms with van der Waals surface area (Å²) in [6.45, 7) is 1.97. The van der Waals surface area contributed by atoms with Gasteiger partial charge in [0.15, 0.2) is 5.82 Å². The van der Waals surface area contributed by atoms with E-state index in [1.54, 1.807) is 11.6 Å². The summed E-state index contributed by atoms with van der Waals surface area (Å²) < 4.78 is 1.78. The van der Waals surface area contributed by atoms with Crippen LogP contribution in [0.3, 0.4) is 0 Å². The van der Waals surface area contributed by atoms with Crippen molar-refractivity contribution in [3.63, 3.8) is 0 Å². The van der Waals surface area contributed by atoms with Crippen molar-refractivity contribution in [1.82, 2.24) is 14.8 Å². The average molecular weight is 238 g/mol. The van der Waals surface area contributed by atoms with Crippen LogP contribution in [0.2, 0.25) is 0 Å². The number of hydrogen-bond donors (Lipinski definition) is 2. The molecule has 1 unspecified atom stereocenters. The number of rotatable bonds is 4. The Balaban J connectivity index is 2.13. The van der Waals surface area contributed by atoms with Crippen molar-refractivity contribution in [2.24, 2.45) is 12.8 Å². The van der Waals surface area contributed by atoms with Gasteiger partial charge in [0.2, 0.25) is 0 Å². The molecule has 5 nitrogen and oxygen atoms in total. The molecule has 0 bridgehead atoms. The van der Waals surface area contributed by atoms with E-state index in [9.17, 15) is 5.11 Å². The monoisotopic (exact) mass is 238 g/mol. The van der Waals surface area contributed by atoms with Crippen LogP contribution in [0, 0.1) is 0 Å². The van der Waals surface area contributed by atoms with E-state index < -0.39 is 5.60 Å². The molecule has 0 aliphatic heterocycles. The Morgan fingerprint density at radius 2 is 2.12 bits per heavy atom. The normalized spacial score (nSPS) is 20.7. The number of aryl methyl sites for hydroxylation is 1. The van der Waals surface area contributed by atoms with E-state index in [-0.39, 0.29) is 6.54 Å². The molecule has 0 amide bonds. The molecule has 1 fully saturated rings. The predicted octanol–water partition coefficient (Wildman–Crippen LogP) is 0.725. The third-order valence-corrected chi connectivity index (χ3v) is 3.57. The van der Waals surface area contributed by atoms with E-state index in [1.807, 2.05) is 7.05 Å². The molecule has 1 atom stereocenters. The van der Waals surface area contributed by atoms with Crippen molar-refractivity contribution >= 4 is 0 Å². The quantitative estimate of drug-likeness (QED) is 0.810. The van der Waals surface area contributed by atoms with E-state index in [0.717, 1.165) is 11.6 Å². The second-order valence-corrected chi connectivity index (χ2v) is 5.37. The second kappa shape index (κ2) is 4.74. The fourth-order valence-corrected chi connectivity index (χ4v) is 2.36. The number of nitrogens with two attached hydrogens (primary N) is 1. The molecule has 0 aromatic carbocycles. The molecule has 1 aromatic rings. The van der Waals surface area contributed by atoms with Crippen LogP contribution in [0.5, 0.6) is 0 Å². The first-order valence-corrected chi connectivity index (χ1v) is 6.34. The van der Waals surface area contributed by atoms with Gasteiger partial charge in [0.25, 0.3) is 0 Å². The molecular weight excluding hydrogens is 216 g/mol. The van der Waals surface area contributed by atoms with Gasteiger partial charge in [-0.3, -0.25) is 4.68 Å². The van der Waals surface area contributed by atoms with Crippen LogP contribution in [0.4, 0.5) is 0 Å². The Hall–Kier alpha value is -0.940. The minimum absolute atomic E-state index is 0.235. The summed E-state index contributed by atoms with van der Waals surface area (Å²) in [6.07, 6.45) is 5.39. The Morgan fingerprint density at radius 1 is 1.47 bits per heavy atom. The van der Waals surface area contributed by atoms with Crippen molar-refractivity contribution in [1.29, 1.82) is 0 Å². The topological polar surface area (TPSA) is 77.0 Å². The van der Waals surface area contributed by atoms with Gasteiger partial charge in [0.05, 0.1) is 5.60 Å². The molecule has 1 aliphatic rings. The lowest BCUT2D eigenvalue weighted by molar-refractivity contribution is 0.0666. The van der Waals surface area contributed by atoms with Crippen molar-refractivity contribution in [2.45, 2.75) is 50.5 Å². The molecule has 17 heavy (non-hydrogen) atoms. The maximum atomic E-state index is 9.97. The number of nitrogens with zero attached hydrogens (tertiary/aromatic N) is 3. The largest absolute Gasteiger partial charge is 0.388 e. The molecule has 1 aromatic heterocycles. The first-order valence-electron chi connectivity index (χ1n) is 6.34. The predicted molar refractivity (Wildman–Crippen MR) is 65.6 cm³/mol. The summed E-state index contributed by atoms with van der Waals surface area (Å²) in [5, 5.41) is 14.4. The Labute approximate surface area is 102 Å². The lowest BCUT2D eigenvalue weighted by Gasteiger charge is -2.19. The molecule has 5 heteroatoms. The summed E-state index contributed by atoms with van der Waals surface area (Å²) >= 11 is 0. The Kier molecular flexibility index (Phi) is 3.49. The van der Waals surface area contributed by atoms with Crippen molar-refractivity contribution in [3.05, 3.63) is 11.6 Å². The fraction of sp³-hybridized carbons (Fsp3) is 0.833. The molecule has 0 spiro atoms. The van der Waals surface area contributed by atoms with Crippen LogP contribution < -0.4 is 5.73 Å². The van der Waals surface area contributed by atoms with E-state index in [0.29, 0.717) is 12.3 Å². The van der Waals surface area contributed by atoms with Crippen molar-refractivity contribution in [3.8, 4) is 0 Å². The maximum Gasteiger partial charge on any atom is 0.154 e. The van der Waals surface area contributed by atoms with Gasteiger partial charge in [-0.05, 0) is 19.8 Å². The van der Waals surface area contributed by atoms with Gasteiger partial charge in [0.1, 0.15) is 5.82 Å². The summed E-state index contributed by atoms with van der Waals surface area (Å²) in [7, 11) is 1.88. The smallest absolute Gasteiger partial charge is 0.154 e. The van der Waals surface area contributed by atoms with Crippen molar-refractivity contribution < 1.29 is 5.11 Å². The van der Waals surface area contributed by atoms with Crippen molar-refractivity contribution in [2.75, 3.05) is 6.54 Å². The van der Waals surface area contributed by atoms with Gasteiger partial charge < -0.3 is 10.8 Å². The SMILES string of the molecule is Cn1nc(C2CCCC2)nc1CC(C)(O)CN. The number of hydrogen-bond acceptors (Lipinski definition) is 4. The lowest BCUT2D eigenvalue weighted by Crippen LogP contribution is -2.37. The van der Waals surface area contributed by atoms with Gasteiger partial charge in [0, 0.05) is 25.9 Å². The first kappa shape index (κ1) is 12.5. The third-order valence-electron chi connectivity index (χ3n) is 3.57. The first-order chi connectivity index (χ1) is 8.02. The standard InChI is InChI=1S/C12H22N4O/c1-12(17,8-13)7-10-14-11(15-16(10)2)9-5-3-4-6-9/h9,17H,3-8,13H2,1-2H3. The summed E-state index contributed by atoms with van der Waals surface area (Å²) in [6, 6.07) is 0. The van der Waals surface area contributed by atoms with Crippen LogP contribution in [-0.2, 0) is 13.5 Å². The highest BCUT2D eigenvalue weighted by Gasteiger charge is 2.25. The van der Waals surface area contributed by atoms with Gasteiger partial charge in [-0.25, -0.2) is 4.98 Å².